The van der Waals surface area contributed by atoms with Crippen LogP contribution in [0.15, 0.2) is 35.7 Å². The monoisotopic (exact) mass is 245 g/mol. The highest BCUT2D eigenvalue weighted by Gasteiger charge is 2.00. The van der Waals surface area contributed by atoms with Crippen LogP contribution in [0.25, 0.3) is 0 Å². The fourth-order valence-corrected chi connectivity index (χ4v) is 2.38. The SMILES string of the molecule is Cc1ccsc1CNc1ccc(C(=N)N)cc1. The average Bonchev–Trinajstić information content (AvgIpc) is 2.73. The highest BCUT2D eigenvalue weighted by atomic mass is 32.1. The molecule has 0 spiro atoms. The summed E-state index contributed by atoms with van der Waals surface area (Å²) in [5.41, 5.74) is 8.52. The van der Waals surface area contributed by atoms with Crippen LogP contribution < -0.4 is 11.1 Å². The Bertz CT molecular complexity index is 514. The lowest BCUT2D eigenvalue weighted by Crippen LogP contribution is -2.10. The first-order valence-corrected chi connectivity index (χ1v) is 6.26. The van der Waals surface area contributed by atoms with Gasteiger partial charge in [-0.25, -0.2) is 0 Å². The van der Waals surface area contributed by atoms with Crippen molar-refractivity contribution in [2.45, 2.75) is 13.5 Å². The second-order valence-electron chi connectivity index (χ2n) is 3.87. The summed E-state index contributed by atoms with van der Waals surface area (Å²) in [5, 5.41) is 12.8. The molecular formula is C13H15N3S. The zero-order valence-electron chi connectivity index (χ0n) is 9.66. The second kappa shape index (κ2) is 5.01. The number of hydrogen-bond donors (Lipinski definition) is 3. The van der Waals surface area contributed by atoms with Crippen molar-refractivity contribution < 1.29 is 0 Å². The molecule has 4 heteroatoms. The van der Waals surface area contributed by atoms with Crippen LogP contribution in [0.1, 0.15) is 16.0 Å². The molecule has 0 amide bonds. The molecule has 0 saturated heterocycles. The standard InChI is InChI=1S/C13H15N3S/c1-9-6-7-17-12(9)8-16-11-4-2-10(3-5-11)13(14)15/h2-7,16H,8H2,1H3,(H3,14,15). The Morgan fingerprint density at radius 2 is 2.00 bits per heavy atom. The molecule has 0 aliphatic carbocycles. The van der Waals surface area contributed by atoms with Crippen LogP contribution in [0.2, 0.25) is 0 Å². The lowest BCUT2D eigenvalue weighted by Gasteiger charge is -2.06. The van der Waals surface area contributed by atoms with Gasteiger partial charge in [0.15, 0.2) is 0 Å². The molecule has 0 atom stereocenters. The van der Waals surface area contributed by atoms with E-state index in [2.05, 4.69) is 23.7 Å². The summed E-state index contributed by atoms with van der Waals surface area (Å²) in [6.07, 6.45) is 0. The van der Waals surface area contributed by atoms with Crippen molar-refractivity contribution in [1.29, 1.82) is 5.41 Å². The number of rotatable bonds is 4. The molecule has 1 aromatic carbocycles. The maximum Gasteiger partial charge on any atom is 0.122 e. The first-order valence-electron chi connectivity index (χ1n) is 5.38. The van der Waals surface area contributed by atoms with Crippen molar-refractivity contribution in [2.24, 2.45) is 5.73 Å². The molecule has 4 N–H and O–H groups in total. The Labute approximate surface area is 105 Å². The number of nitrogens with two attached hydrogens (primary N) is 1. The van der Waals surface area contributed by atoms with Gasteiger partial charge < -0.3 is 11.1 Å². The van der Waals surface area contributed by atoms with Crippen molar-refractivity contribution in [2.75, 3.05) is 5.32 Å². The molecule has 0 fully saturated rings. The third kappa shape index (κ3) is 2.85. The summed E-state index contributed by atoms with van der Waals surface area (Å²) in [6, 6.07) is 9.72. The summed E-state index contributed by atoms with van der Waals surface area (Å²) in [6.45, 7) is 2.95. The van der Waals surface area contributed by atoms with Crippen LogP contribution in [0.5, 0.6) is 0 Å². The van der Waals surface area contributed by atoms with E-state index in [-0.39, 0.29) is 5.84 Å². The second-order valence-corrected chi connectivity index (χ2v) is 4.87. The molecule has 0 aliphatic rings. The molecule has 2 aromatic rings. The topological polar surface area (TPSA) is 61.9 Å². The molecular weight excluding hydrogens is 230 g/mol. The molecule has 0 saturated carbocycles. The Hall–Kier alpha value is -1.81. The molecule has 3 nitrogen and oxygen atoms in total. The van der Waals surface area contributed by atoms with Gasteiger partial charge in [-0.2, -0.15) is 0 Å². The summed E-state index contributed by atoms with van der Waals surface area (Å²) in [5.74, 6) is 0.102. The Balaban J connectivity index is 2.00. The van der Waals surface area contributed by atoms with Gasteiger partial charge in [0.05, 0.1) is 0 Å². The summed E-state index contributed by atoms with van der Waals surface area (Å²) < 4.78 is 0. The molecule has 0 unspecified atom stereocenters. The molecule has 88 valence electrons. The van der Waals surface area contributed by atoms with Gasteiger partial charge in [-0.15, -0.1) is 11.3 Å². The number of benzene rings is 1. The maximum absolute atomic E-state index is 7.31. The van der Waals surface area contributed by atoms with Crippen molar-refractivity contribution in [1.82, 2.24) is 0 Å². The van der Waals surface area contributed by atoms with E-state index in [1.807, 2.05) is 24.3 Å². The maximum atomic E-state index is 7.31. The first-order chi connectivity index (χ1) is 8.16. The van der Waals surface area contributed by atoms with Gasteiger partial charge >= 0.3 is 0 Å². The van der Waals surface area contributed by atoms with Gasteiger partial charge in [-0.05, 0) is 48.2 Å². The van der Waals surface area contributed by atoms with E-state index in [1.54, 1.807) is 11.3 Å². The number of aryl methyl sites for hydroxylation is 1. The lowest BCUT2D eigenvalue weighted by atomic mass is 10.2. The van der Waals surface area contributed by atoms with Crippen molar-refractivity contribution in [3.05, 3.63) is 51.7 Å². The van der Waals surface area contributed by atoms with E-state index >= 15 is 0 Å². The number of amidine groups is 1. The fraction of sp³-hybridized carbons (Fsp3) is 0.154. The van der Waals surface area contributed by atoms with Gasteiger partial charge in [0.1, 0.15) is 5.84 Å². The van der Waals surface area contributed by atoms with Crippen LogP contribution in [-0.4, -0.2) is 5.84 Å². The van der Waals surface area contributed by atoms with E-state index in [4.69, 9.17) is 11.1 Å². The van der Waals surface area contributed by atoms with E-state index < -0.39 is 0 Å². The number of nitrogen functional groups attached to an aromatic ring is 1. The Kier molecular flexibility index (Phi) is 3.44. The number of anilines is 1. The first kappa shape index (κ1) is 11.7. The zero-order valence-corrected chi connectivity index (χ0v) is 10.5. The van der Waals surface area contributed by atoms with E-state index in [0.717, 1.165) is 17.8 Å². The minimum Gasteiger partial charge on any atom is -0.384 e. The predicted octanol–water partition coefficient (Wildman–Crippen LogP) is 2.95. The molecule has 17 heavy (non-hydrogen) atoms. The zero-order chi connectivity index (χ0) is 12.3. The van der Waals surface area contributed by atoms with Gasteiger partial charge in [-0.1, -0.05) is 0 Å². The normalized spacial score (nSPS) is 10.2. The van der Waals surface area contributed by atoms with Gasteiger partial charge in [-0.3, -0.25) is 5.41 Å². The number of thiophene rings is 1. The minimum absolute atomic E-state index is 0.102. The van der Waals surface area contributed by atoms with Crippen molar-refractivity contribution in [3.8, 4) is 0 Å². The quantitative estimate of drug-likeness (QED) is 0.573. The van der Waals surface area contributed by atoms with Crippen molar-refractivity contribution in [3.63, 3.8) is 0 Å². The summed E-state index contributed by atoms with van der Waals surface area (Å²) >= 11 is 1.76. The van der Waals surface area contributed by atoms with E-state index in [9.17, 15) is 0 Å². The number of hydrogen-bond acceptors (Lipinski definition) is 3. The van der Waals surface area contributed by atoms with Crippen LogP contribution in [0.4, 0.5) is 5.69 Å². The highest BCUT2D eigenvalue weighted by Crippen LogP contribution is 2.17. The highest BCUT2D eigenvalue weighted by molar-refractivity contribution is 7.10. The Morgan fingerprint density at radius 1 is 1.29 bits per heavy atom. The van der Waals surface area contributed by atoms with Gasteiger partial charge in [0.2, 0.25) is 0 Å². The Morgan fingerprint density at radius 3 is 2.53 bits per heavy atom. The van der Waals surface area contributed by atoms with Crippen LogP contribution in [0, 0.1) is 12.3 Å². The summed E-state index contributed by atoms with van der Waals surface area (Å²) in [7, 11) is 0. The molecule has 1 heterocycles. The third-order valence-electron chi connectivity index (χ3n) is 2.62. The molecule has 0 aliphatic heterocycles. The molecule has 0 bridgehead atoms. The molecule has 0 radical (unpaired) electrons. The van der Waals surface area contributed by atoms with E-state index in [1.165, 1.54) is 10.4 Å². The van der Waals surface area contributed by atoms with Gasteiger partial charge in [0.25, 0.3) is 0 Å². The van der Waals surface area contributed by atoms with Crippen LogP contribution in [0.3, 0.4) is 0 Å². The van der Waals surface area contributed by atoms with E-state index in [0.29, 0.717) is 0 Å². The number of nitrogens with one attached hydrogen (secondary N) is 2. The van der Waals surface area contributed by atoms with Crippen LogP contribution >= 0.6 is 11.3 Å². The third-order valence-corrected chi connectivity index (χ3v) is 3.64. The average molecular weight is 245 g/mol. The van der Waals surface area contributed by atoms with Crippen molar-refractivity contribution >= 4 is 22.9 Å². The molecule has 1 aromatic heterocycles. The minimum atomic E-state index is 0.102. The molecule has 2 rings (SSSR count). The lowest BCUT2D eigenvalue weighted by molar-refractivity contribution is 1.17. The predicted molar refractivity (Wildman–Crippen MR) is 73.8 cm³/mol. The smallest absolute Gasteiger partial charge is 0.122 e. The van der Waals surface area contributed by atoms with Gasteiger partial charge in [0, 0.05) is 22.7 Å². The largest absolute Gasteiger partial charge is 0.384 e. The fourth-order valence-electron chi connectivity index (χ4n) is 1.54. The summed E-state index contributed by atoms with van der Waals surface area (Å²) in [4.78, 5) is 1.35. The van der Waals surface area contributed by atoms with Crippen LogP contribution in [-0.2, 0) is 6.54 Å².